The molecule has 2 atom stereocenters. The van der Waals surface area contributed by atoms with Gasteiger partial charge in [0.15, 0.2) is 0 Å². The van der Waals surface area contributed by atoms with Crippen molar-refractivity contribution in [2.45, 2.75) is 43.8 Å². The number of halogens is 3. The average Bonchev–Trinajstić information content (AvgIpc) is 3.50. The van der Waals surface area contributed by atoms with Gasteiger partial charge >= 0.3 is 6.18 Å². The number of hydrogen-bond donors (Lipinski definition) is 0. The maximum atomic E-state index is 13.2. The first-order valence-corrected chi connectivity index (χ1v) is 11.3. The van der Waals surface area contributed by atoms with E-state index in [1.807, 2.05) is 27.7 Å². The van der Waals surface area contributed by atoms with Crippen LogP contribution in [-0.2, 0) is 19.1 Å². The van der Waals surface area contributed by atoms with Crippen molar-refractivity contribution in [3.63, 3.8) is 0 Å². The van der Waals surface area contributed by atoms with Gasteiger partial charge in [-0.3, -0.25) is 4.79 Å². The number of alkyl halides is 3. The van der Waals surface area contributed by atoms with Crippen LogP contribution in [0.5, 0.6) is 5.88 Å². The van der Waals surface area contributed by atoms with Crippen LogP contribution < -0.4 is 4.74 Å². The van der Waals surface area contributed by atoms with E-state index in [9.17, 15) is 18.0 Å². The molecule has 0 N–H and O–H groups in total. The third-order valence-electron chi connectivity index (χ3n) is 6.80. The number of aryl methyl sites for hydroxylation is 1. The zero-order valence-corrected chi connectivity index (χ0v) is 18.8. The number of rotatable bonds is 4. The van der Waals surface area contributed by atoms with E-state index in [1.165, 1.54) is 12.7 Å². The number of carbonyl (C=O) groups is 1. The summed E-state index contributed by atoms with van der Waals surface area (Å²) in [6.45, 7) is 1.75. The molecule has 2 aromatic heterocycles. The Balaban J connectivity index is 1.33. The number of nitrogens with zero attached hydrogens (tertiary/aromatic N) is 4. The van der Waals surface area contributed by atoms with Gasteiger partial charge in [-0.2, -0.15) is 13.2 Å². The van der Waals surface area contributed by atoms with Crippen molar-refractivity contribution < 1.29 is 22.7 Å². The topological polar surface area (TPSA) is 60.3 Å². The van der Waals surface area contributed by atoms with E-state index < -0.39 is 11.7 Å². The Kier molecular flexibility index (Phi) is 5.79. The standard InChI is InChI=1S/C25H25F3N4O2/c1-34-23-20(11-19(12-29-23)25(26,27)28)18-7-8-22-30-21(15-32(22)14-18)24(33)31-10-9-17(13-31)16-5-3-2-4-6-16/h2-6,11-12,15,17-18H,7-10,13-14H2,1H3. The van der Waals surface area contributed by atoms with Gasteiger partial charge in [-0.1, -0.05) is 30.3 Å². The van der Waals surface area contributed by atoms with Gasteiger partial charge in [-0.25, -0.2) is 9.97 Å². The highest BCUT2D eigenvalue weighted by Crippen LogP contribution is 2.38. The molecule has 9 heteroatoms. The van der Waals surface area contributed by atoms with E-state index in [0.717, 1.165) is 24.5 Å². The summed E-state index contributed by atoms with van der Waals surface area (Å²) in [5, 5.41) is 0. The van der Waals surface area contributed by atoms with Crippen molar-refractivity contribution in [2.24, 2.45) is 0 Å². The summed E-state index contributed by atoms with van der Waals surface area (Å²) in [4.78, 5) is 23.4. The molecule has 0 bridgehead atoms. The number of likely N-dealkylation sites (tertiary alicyclic amines) is 1. The Morgan fingerprint density at radius 1 is 1.12 bits per heavy atom. The smallest absolute Gasteiger partial charge is 0.417 e. The van der Waals surface area contributed by atoms with E-state index in [4.69, 9.17) is 4.74 Å². The molecular weight excluding hydrogens is 445 g/mol. The van der Waals surface area contributed by atoms with Gasteiger partial charge in [-0.15, -0.1) is 0 Å². The molecule has 4 heterocycles. The van der Waals surface area contributed by atoms with Gasteiger partial charge < -0.3 is 14.2 Å². The molecule has 178 valence electrons. The summed E-state index contributed by atoms with van der Waals surface area (Å²) in [7, 11) is 1.40. The summed E-state index contributed by atoms with van der Waals surface area (Å²) >= 11 is 0. The molecule has 2 aliphatic rings. The van der Waals surface area contributed by atoms with Crippen LogP contribution in [0.4, 0.5) is 13.2 Å². The fourth-order valence-corrected chi connectivity index (χ4v) is 4.99. The summed E-state index contributed by atoms with van der Waals surface area (Å²) in [6, 6.07) is 11.3. The highest BCUT2D eigenvalue weighted by molar-refractivity contribution is 5.92. The molecule has 1 saturated heterocycles. The largest absolute Gasteiger partial charge is 0.481 e. The molecule has 6 nitrogen and oxygen atoms in total. The molecule has 2 aliphatic heterocycles. The number of amides is 1. The third-order valence-corrected chi connectivity index (χ3v) is 6.80. The molecule has 1 aromatic carbocycles. The number of fused-ring (bicyclic) bond motifs is 1. The molecule has 1 fully saturated rings. The van der Waals surface area contributed by atoms with Crippen molar-refractivity contribution >= 4 is 5.91 Å². The van der Waals surface area contributed by atoms with Gasteiger partial charge in [0, 0.05) is 55.8 Å². The van der Waals surface area contributed by atoms with Crippen LogP contribution in [0, 0.1) is 0 Å². The second kappa shape index (κ2) is 8.77. The molecule has 3 aromatic rings. The summed E-state index contributed by atoms with van der Waals surface area (Å²) < 4.78 is 46.9. The predicted octanol–water partition coefficient (Wildman–Crippen LogP) is 4.67. The van der Waals surface area contributed by atoms with Crippen molar-refractivity contribution in [3.05, 3.63) is 77.0 Å². The number of hydrogen-bond acceptors (Lipinski definition) is 4. The van der Waals surface area contributed by atoms with E-state index in [0.29, 0.717) is 49.7 Å². The molecule has 0 saturated carbocycles. The second-order valence-corrected chi connectivity index (χ2v) is 8.90. The summed E-state index contributed by atoms with van der Waals surface area (Å²) in [6.07, 6.45) is 0.119. The van der Waals surface area contributed by atoms with Gasteiger partial charge in [0.1, 0.15) is 11.5 Å². The van der Waals surface area contributed by atoms with Gasteiger partial charge in [0.25, 0.3) is 5.91 Å². The minimum atomic E-state index is -4.48. The van der Waals surface area contributed by atoms with Crippen LogP contribution in [0.2, 0.25) is 0 Å². The van der Waals surface area contributed by atoms with Crippen molar-refractivity contribution in [3.8, 4) is 5.88 Å². The van der Waals surface area contributed by atoms with Crippen LogP contribution in [0.3, 0.4) is 0 Å². The lowest BCUT2D eigenvalue weighted by Gasteiger charge is -2.25. The lowest BCUT2D eigenvalue weighted by Crippen LogP contribution is -2.28. The first kappa shape index (κ1) is 22.4. The third kappa shape index (κ3) is 4.26. The monoisotopic (exact) mass is 470 g/mol. The van der Waals surface area contributed by atoms with E-state index in [2.05, 4.69) is 22.1 Å². The number of pyridine rings is 1. The van der Waals surface area contributed by atoms with Crippen LogP contribution in [0.1, 0.15) is 57.7 Å². The predicted molar refractivity (Wildman–Crippen MR) is 119 cm³/mol. The second-order valence-electron chi connectivity index (χ2n) is 8.90. The van der Waals surface area contributed by atoms with Crippen molar-refractivity contribution in [1.29, 1.82) is 0 Å². The Hall–Kier alpha value is -3.36. The normalized spacial score (nSPS) is 20.3. The SMILES string of the molecule is COc1ncc(C(F)(F)F)cc1C1CCc2nc(C(=O)N3CCC(c4ccccc4)C3)cn2C1. The maximum absolute atomic E-state index is 13.2. The van der Waals surface area contributed by atoms with E-state index in [-0.39, 0.29) is 17.7 Å². The van der Waals surface area contributed by atoms with Gasteiger partial charge in [0.2, 0.25) is 5.88 Å². The average molecular weight is 470 g/mol. The van der Waals surface area contributed by atoms with E-state index >= 15 is 0 Å². The quantitative estimate of drug-likeness (QED) is 0.556. The minimum absolute atomic E-state index is 0.102. The van der Waals surface area contributed by atoms with Crippen LogP contribution in [0.15, 0.2) is 48.8 Å². The van der Waals surface area contributed by atoms with Crippen LogP contribution in [-0.4, -0.2) is 45.5 Å². The fourth-order valence-electron chi connectivity index (χ4n) is 4.99. The summed E-state index contributed by atoms with van der Waals surface area (Å²) in [5.41, 5.74) is 1.25. The first-order chi connectivity index (χ1) is 16.3. The van der Waals surface area contributed by atoms with Crippen molar-refractivity contribution in [1.82, 2.24) is 19.4 Å². The van der Waals surface area contributed by atoms with Crippen LogP contribution >= 0.6 is 0 Å². The molecule has 2 unspecified atom stereocenters. The fraction of sp³-hybridized carbons (Fsp3) is 0.400. The highest BCUT2D eigenvalue weighted by Gasteiger charge is 2.35. The number of carbonyl (C=O) groups excluding carboxylic acids is 1. The molecular formula is C25H25F3N4O2. The Bertz CT molecular complexity index is 1190. The number of ether oxygens (including phenoxy) is 1. The number of imidazole rings is 1. The Morgan fingerprint density at radius 2 is 1.91 bits per heavy atom. The highest BCUT2D eigenvalue weighted by atomic mass is 19.4. The Morgan fingerprint density at radius 3 is 2.65 bits per heavy atom. The Labute approximate surface area is 195 Å². The molecule has 5 rings (SSSR count). The lowest BCUT2D eigenvalue weighted by molar-refractivity contribution is -0.137. The number of benzene rings is 1. The summed E-state index contributed by atoms with van der Waals surface area (Å²) in [5.74, 6) is 0.964. The molecule has 0 radical (unpaired) electrons. The van der Waals surface area contributed by atoms with Crippen molar-refractivity contribution in [2.75, 3.05) is 20.2 Å². The first-order valence-electron chi connectivity index (χ1n) is 11.3. The van der Waals surface area contributed by atoms with Crippen LogP contribution in [0.25, 0.3) is 0 Å². The minimum Gasteiger partial charge on any atom is -0.481 e. The zero-order chi connectivity index (χ0) is 23.9. The maximum Gasteiger partial charge on any atom is 0.417 e. The lowest BCUT2D eigenvalue weighted by atomic mass is 9.91. The molecule has 0 spiro atoms. The van der Waals surface area contributed by atoms with Gasteiger partial charge in [-0.05, 0) is 24.5 Å². The van der Waals surface area contributed by atoms with E-state index in [1.54, 1.807) is 6.20 Å². The molecule has 1 amide bonds. The van der Waals surface area contributed by atoms with Gasteiger partial charge in [0.05, 0.1) is 12.7 Å². The zero-order valence-electron chi connectivity index (χ0n) is 18.8. The molecule has 0 aliphatic carbocycles. The number of aromatic nitrogens is 3. The number of methoxy groups -OCH3 is 1. The molecule has 34 heavy (non-hydrogen) atoms.